The molecule has 1 amide bonds. The van der Waals surface area contributed by atoms with Gasteiger partial charge in [-0.2, -0.15) is 0 Å². The molecule has 0 bridgehead atoms. The van der Waals surface area contributed by atoms with Crippen LogP contribution in [0, 0.1) is 5.92 Å². The Labute approximate surface area is 129 Å². The first-order valence-electron chi connectivity index (χ1n) is 7.60. The summed E-state index contributed by atoms with van der Waals surface area (Å²) in [5, 5.41) is 2.78. The maximum Gasteiger partial charge on any atom is 0.254 e. The average Bonchev–Trinajstić information content (AvgIpc) is 3.07. The van der Waals surface area contributed by atoms with E-state index in [1.54, 1.807) is 24.7 Å². The lowest BCUT2D eigenvalue weighted by Crippen LogP contribution is -2.34. The molecule has 116 valence electrons. The van der Waals surface area contributed by atoms with Gasteiger partial charge in [-0.05, 0) is 30.9 Å². The van der Waals surface area contributed by atoms with Crippen LogP contribution in [0.1, 0.15) is 35.9 Å². The summed E-state index contributed by atoms with van der Waals surface area (Å²) in [4.78, 5) is 22.8. The number of carbonyl (C=O) groups is 1. The first kappa shape index (κ1) is 14.6. The lowest BCUT2D eigenvalue weighted by atomic mass is 10.00. The van der Waals surface area contributed by atoms with E-state index in [2.05, 4.69) is 27.1 Å². The quantitative estimate of drug-likeness (QED) is 0.937. The highest BCUT2D eigenvalue weighted by Crippen LogP contribution is 2.19. The molecule has 2 aromatic rings. The summed E-state index contributed by atoms with van der Waals surface area (Å²) in [5.41, 5.74) is 0.459. The van der Waals surface area contributed by atoms with Crippen molar-refractivity contribution < 1.29 is 9.21 Å². The minimum Gasteiger partial charge on any atom is -0.467 e. The summed E-state index contributed by atoms with van der Waals surface area (Å²) in [7, 11) is 0. The molecule has 0 spiro atoms. The number of furan rings is 1. The highest BCUT2D eigenvalue weighted by molar-refractivity contribution is 5.93. The molecule has 2 aromatic heterocycles. The highest BCUT2D eigenvalue weighted by atomic mass is 16.3. The fraction of sp³-hybridized carbons (Fsp3) is 0.438. The molecular weight excluding hydrogens is 280 g/mol. The number of nitrogens with zero attached hydrogens (tertiary/aromatic N) is 3. The van der Waals surface area contributed by atoms with Crippen LogP contribution in [0.5, 0.6) is 0 Å². The molecule has 6 heteroatoms. The molecule has 0 aromatic carbocycles. The molecule has 6 nitrogen and oxygen atoms in total. The Bertz CT molecular complexity index is 602. The van der Waals surface area contributed by atoms with Crippen molar-refractivity contribution in [3.63, 3.8) is 0 Å². The summed E-state index contributed by atoms with van der Waals surface area (Å²) >= 11 is 0. The molecule has 1 aliphatic heterocycles. The number of carbonyl (C=O) groups excluding carboxylic acids is 1. The van der Waals surface area contributed by atoms with Gasteiger partial charge < -0.3 is 14.6 Å². The Morgan fingerprint density at radius 1 is 1.36 bits per heavy atom. The number of rotatable bonds is 4. The van der Waals surface area contributed by atoms with E-state index in [1.165, 1.54) is 0 Å². The van der Waals surface area contributed by atoms with Gasteiger partial charge in [-0.15, -0.1) is 0 Å². The molecule has 3 heterocycles. The Kier molecular flexibility index (Phi) is 4.37. The fourth-order valence-corrected chi connectivity index (χ4v) is 2.49. The van der Waals surface area contributed by atoms with E-state index < -0.39 is 0 Å². The van der Waals surface area contributed by atoms with Gasteiger partial charge in [0.2, 0.25) is 5.95 Å². The highest BCUT2D eigenvalue weighted by Gasteiger charge is 2.18. The minimum atomic E-state index is -0.199. The van der Waals surface area contributed by atoms with Crippen LogP contribution in [0.15, 0.2) is 35.2 Å². The third kappa shape index (κ3) is 3.44. The number of nitrogens with one attached hydrogen (secondary N) is 1. The molecule has 3 rings (SSSR count). The third-order valence-corrected chi connectivity index (χ3v) is 3.97. The normalized spacial score (nSPS) is 15.8. The Balaban J connectivity index is 1.57. The largest absolute Gasteiger partial charge is 0.467 e. The van der Waals surface area contributed by atoms with Crippen LogP contribution < -0.4 is 10.2 Å². The zero-order chi connectivity index (χ0) is 15.4. The summed E-state index contributed by atoms with van der Waals surface area (Å²) in [5.74, 6) is 1.99. The van der Waals surface area contributed by atoms with Crippen molar-refractivity contribution in [2.45, 2.75) is 26.3 Å². The maximum absolute atomic E-state index is 12.0. The van der Waals surface area contributed by atoms with Crippen molar-refractivity contribution in [1.29, 1.82) is 0 Å². The van der Waals surface area contributed by atoms with Crippen LogP contribution in [0.2, 0.25) is 0 Å². The molecule has 1 aliphatic rings. The number of piperidine rings is 1. The predicted molar refractivity (Wildman–Crippen MR) is 82.5 cm³/mol. The molecule has 0 saturated carbocycles. The first-order chi connectivity index (χ1) is 10.7. The second-order valence-corrected chi connectivity index (χ2v) is 5.70. The van der Waals surface area contributed by atoms with E-state index >= 15 is 0 Å². The lowest BCUT2D eigenvalue weighted by Gasteiger charge is -2.30. The Morgan fingerprint density at radius 3 is 2.73 bits per heavy atom. The molecule has 1 N–H and O–H groups in total. The van der Waals surface area contributed by atoms with Crippen LogP contribution in [0.3, 0.4) is 0 Å². The van der Waals surface area contributed by atoms with Crippen molar-refractivity contribution >= 4 is 11.9 Å². The van der Waals surface area contributed by atoms with Crippen molar-refractivity contribution in [1.82, 2.24) is 15.3 Å². The molecule has 0 atom stereocenters. The van der Waals surface area contributed by atoms with Gasteiger partial charge in [0.05, 0.1) is 18.4 Å². The van der Waals surface area contributed by atoms with E-state index in [4.69, 9.17) is 4.42 Å². The average molecular weight is 300 g/mol. The van der Waals surface area contributed by atoms with Crippen molar-refractivity contribution in [3.8, 4) is 0 Å². The second-order valence-electron chi connectivity index (χ2n) is 5.70. The van der Waals surface area contributed by atoms with Gasteiger partial charge in [0.1, 0.15) is 5.76 Å². The summed E-state index contributed by atoms with van der Waals surface area (Å²) in [6.07, 6.45) is 7.07. The van der Waals surface area contributed by atoms with Crippen LogP contribution in [0.4, 0.5) is 5.95 Å². The topological polar surface area (TPSA) is 71.3 Å². The number of aromatic nitrogens is 2. The molecular formula is C16H20N4O2. The number of hydrogen-bond donors (Lipinski definition) is 1. The van der Waals surface area contributed by atoms with Gasteiger partial charge in [-0.25, -0.2) is 9.97 Å². The number of anilines is 1. The van der Waals surface area contributed by atoms with Gasteiger partial charge in [-0.3, -0.25) is 4.79 Å². The van der Waals surface area contributed by atoms with E-state index in [0.29, 0.717) is 23.8 Å². The predicted octanol–water partition coefficient (Wildman–Crippen LogP) is 2.24. The zero-order valence-electron chi connectivity index (χ0n) is 12.7. The summed E-state index contributed by atoms with van der Waals surface area (Å²) in [6.45, 7) is 4.58. The summed E-state index contributed by atoms with van der Waals surface area (Å²) < 4.78 is 5.17. The maximum atomic E-state index is 12.0. The van der Waals surface area contributed by atoms with Crippen LogP contribution in [0.25, 0.3) is 0 Å². The lowest BCUT2D eigenvalue weighted by molar-refractivity contribution is 0.0947. The molecule has 0 radical (unpaired) electrons. The zero-order valence-corrected chi connectivity index (χ0v) is 12.7. The number of hydrogen-bond acceptors (Lipinski definition) is 5. The van der Waals surface area contributed by atoms with E-state index in [9.17, 15) is 4.79 Å². The van der Waals surface area contributed by atoms with Gasteiger partial charge in [-0.1, -0.05) is 6.92 Å². The van der Waals surface area contributed by atoms with Crippen molar-refractivity contribution in [2.75, 3.05) is 18.0 Å². The van der Waals surface area contributed by atoms with E-state index in [0.717, 1.165) is 31.8 Å². The van der Waals surface area contributed by atoms with Crippen LogP contribution >= 0.6 is 0 Å². The smallest absolute Gasteiger partial charge is 0.254 e. The van der Waals surface area contributed by atoms with Gasteiger partial charge in [0, 0.05) is 25.5 Å². The Morgan fingerprint density at radius 2 is 2.09 bits per heavy atom. The van der Waals surface area contributed by atoms with Crippen molar-refractivity contribution in [2.24, 2.45) is 5.92 Å². The van der Waals surface area contributed by atoms with Crippen LogP contribution in [-0.4, -0.2) is 29.0 Å². The Hall–Kier alpha value is -2.37. The van der Waals surface area contributed by atoms with E-state index in [-0.39, 0.29) is 5.91 Å². The molecule has 1 fully saturated rings. The minimum absolute atomic E-state index is 0.199. The fourth-order valence-electron chi connectivity index (χ4n) is 2.49. The SMILES string of the molecule is CC1CCN(c2ncc(C(=O)NCc3ccco3)cn2)CC1. The van der Waals surface area contributed by atoms with E-state index in [1.807, 2.05) is 6.07 Å². The molecule has 1 saturated heterocycles. The second kappa shape index (κ2) is 6.60. The molecule has 22 heavy (non-hydrogen) atoms. The van der Waals surface area contributed by atoms with Gasteiger partial charge in [0.15, 0.2) is 0 Å². The third-order valence-electron chi connectivity index (χ3n) is 3.97. The molecule has 0 unspecified atom stereocenters. The van der Waals surface area contributed by atoms with Gasteiger partial charge in [0.25, 0.3) is 5.91 Å². The first-order valence-corrected chi connectivity index (χ1v) is 7.60. The number of amides is 1. The van der Waals surface area contributed by atoms with Gasteiger partial charge >= 0.3 is 0 Å². The standard InChI is InChI=1S/C16H20N4O2/c1-12-4-6-20(7-5-12)16-18-9-13(10-19-16)15(21)17-11-14-3-2-8-22-14/h2-3,8-10,12H,4-7,11H2,1H3,(H,17,21). The summed E-state index contributed by atoms with van der Waals surface area (Å²) in [6, 6.07) is 3.61. The van der Waals surface area contributed by atoms with Crippen molar-refractivity contribution in [3.05, 3.63) is 42.1 Å². The van der Waals surface area contributed by atoms with Crippen LogP contribution in [-0.2, 0) is 6.54 Å². The monoisotopic (exact) mass is 300 g/mol. The molecule has 0 aliphatic carbocycles.